The van der Waals surface area contributed by atoms with E-state index in [-0.39, 0.29) is 12.0 Å². The number of para-hydroxylation sites is 1. The summed E-state index contributed by atoms with van der Waals surface area (Å²) in [6, 6.07) is 22.6. The molecule has 0 amide bonds. The van der Waals surface area contributed by atoms with E-state index in [1.54, 1.807) is 0 Å². The maximum Gasteiger partial charge on any atom is 0.126 e. The van der Waals surface area contributed by atoms with Gasteiger partial charge >= 0.3 is 0 Å². The molecule has 0 radical (unpaired) electrons. The molecule has 2 N–H and O–H groups in total. The molecule has 1 aliphatic heterocycles. The second-order valence-electron chi connectivity index (χ2n) is 8.94. The first kappa shape index (κ1) is 23.8. The van der Waals surface area contributed by atoms with Crippen molar-refractivity contribution >= 4 is 12.0 Å². The number of nitrogens with zero attached hydrogens (tertiary/aromatic N) is 1. The quantitative estimate of drug-likeness (QED) is 0.341. The zero-order valence-corrected chi connectivity index (χ0v) is 20.1. The van der Waals surface area contributed by atoms with E-state index < -0.39 is 0 Å². The third-order valence-corrected chi connectivity index (χ3v) is 6.51. The molecule has 2 atom stereocenters. The summed E-state index contributed by atoms with van der Waals surface area (Å²) < 4.78 is 11.8. The van der Waals surface area contributed by atoms with Crippen molar-refractivity contribution in [1.82, 2.24) is 0 Å². The standard InChI is InChI=1S/C29H34N2O3/c1-21-9-10-22(2)28(18-21)34-17-16-33-26-13-11-24(12-14-26)29(25(19-30)20-32)31-15-5-7-23-6-3-4-8-27(23)31/h3-4,6,8-14,18,20,25,29H,5,7,15-17,19,30H2,1-2H3. The van der Waals surface area contributed by atoms with Crippen LogP contribution in [0.5, 0.6) is 11.5 Å². The first-order chi connectivity index (χ1) is 16.6. The topological polar surface area (TPSA) is 64.8 Å². The number of carbonyl (C=O) groups excluding carboxylic acids is 1. The van der Waals surface area contributed by atoms with Crippen LogP contribution in [-0.2, 0) is 11.2 Å². The van der Waals surface area contributed by atoms with E-state index in [2.05, 4.69) is 60.4 Å². The Bertz CT molecular complexity index is 1100. The molecular weight excluding hydrogens is 424 g/mol. The summed E-state index contributed by atoms with van der Waals surface area (Å²) in [6.45, 7) is 6.23. The minimum absolute atomic E-state index is 0.106. The Kier molecular flexibility index (Phi) is 7.86. The first-order valence-corrected chi connectivity index (χ1v) is 12.0. The van der Waals surface area contributed by atoms with Gasteiger partial charge in [0, 0.05) is 18.8 Å². The molecule has 0 saturated carbocycles. The van der Waals surface area contributed by atoms with Crippen molar-refractivity contribution in [2.24, 2.45) is 11.7 Å². The van der Waals surface area contributed by atoms with Gasteiger partial charge in [0.25, 0.3) is 0 Å². The van der Waals surface area contributed by atoms with Gasteiger partial charge in [-0.25, -0.2) is 0 Å². The SMILES string of the molecule is Cc1ccc(C)c(OCCOc2ccc(C(C(C=O)CN)N3CCCc4ccccc43)cc2)c1. The highest BCUT2D eigenvalue weighted by Gasteiger charge is 2.31. The van der Waals surface area contributed by atoms with E-state index in [1.807, 2.05) is 25.1 Å². The highest BCUT2D eigenvalue weighted by molar-refractivity contribution is 5.63. The Morgan fingerprint density at radius 3 is 2.53 bits per heavy atom. The molecule has 0 fully saturated rings. The van der Waals surface area contributed by atoms with Crippen molar-refractivity contribution in [3.63, 3.8) is 0 Å². The molecule has 178 valence electrons. The minimum Gasteiger partial charge on any atom is -0.490 e. The van der Waals surface area contributed by atoms with Gasteiger partial charge in [0.05, 0.1) is 12.0 Å². The molecule has 0 aliphatic carbocycles. The van der Waals surface area contributed by atoms with Gasteiger partial charge in [-0.15, -0.1) is 0 Å². The van der Waals surface area contributed by atoms with Gasteiger partial charge in [-0.3, -0.25) is 0 Å². The Morgan fingerprint density at radius 2 is 1.76 bits per heavy atom. The smallest absolute Gasteiger partial charge is 0.126 e. The van der Waals surface area contributed by atoms with Crippen LogP contribution in [0.3, 0.4) is 0 Å². The summed E-state index contributed by atoms with van der Waals surface area (Å²) in [5.41, 5.74) is 11.9. The molecule has 1 aliphatic rings. The largest absolute Gasteiger partial charge is 0.490 e. The second kappa shape index (κ2) is 11.2. The number of aldehydes is 1. The summed E-state index contributed by atoms with van der Waals surface area (Å²) >= 11 is 0. The van der Waals surface area contributed by atoms with Crippen molar-refractivity contribution in [1.29, 1.82) is 0 Å². The molecule has 0 aromatic heterocycles. The highest BCUT2D eigenvalue weighted by atomic mass is 16.5. The zero-order valence-electron chi connectivity index (χ0n) is 20.1. The number of hydrogen-bond acceptors (Lipinski definition) is 5. The van der Waals surface area contributed by atoms with Gasteiger partial charge in [-0.2, -0.15) is 0 Å². The number of carbonyl (C=O) groups is 1. The lowest BCUT2D eigenvalue weighted by molar-refractivity contribution is -0.111. The summed E-state index contributed by atoms with van der Waals surface area (Å²) in [5, 5.41) is 0. The van der Waals surface area contributed by atoms with Crippen molar-refractivity contribution in [2.75, 3.05) is 31.2 Å². The minimum atomic E-state index is -0.288. The summed E-state index contributed by atoms with van der Waals surface area (Å²) in [4.78, 5) is 14.3. The molecule has 34 heavy (non-hydrogen) atoms. The van der Waals surface area contributed by atoms with E-state index in [1.165, 1.54) is 16.8 Å². The molecule has 0 bridgehead atoms. The van der Waals surface area contributed by atoms with E-state index in [9.17, 15) is 4.79 Å². The maximum absolute atomic E-state index is 12.0. The summed E-state index contributed by atoms with van der Waals surface area (Å²) in [7, 11) is 0. The van der Waals surface area contributed by atoms with Gasteiger partial charge in [-0.05, 0) is 73.2 Å². The van der Waals surface area contributed by atoms with Crippen LogP contribution in [0.4, 0.5) is 5.69 Å². The van der Waals surface area contributed by atoms with E-state index in [0.717, 1.165) is 48.3 Å². The Morgan fingerprint density at radius 1 is 1.00 bits per heavy atom. The van der Waals surface area contributed by atoms with Crippen LogP contribution in [0.25, 0.3) is 0 Å². The molecule has 1 heterocycles. The van der Waals surface area contributed by atoms with Crippen LogP contribution in [0.2, 0.25) is 0 Å². The van der Waals surface area contributed by atoms with Crippen molar-refractivity contribution < 1.29 is 14.3 Å². The number of hydrogen-bond donors (Lipinski definition) is 1. The van der Waals surface area contributed by atoms with Gasteiger partial charge in [0.15, 0.2) is 0 Å². The second-order valence-corrected chi connectivity index (χ2v) is 8.94. The lowest BCUT2D eigenvalue weighted by atomic mass is 9.89. The number of benzene rings is 3. The van der Waals surface area contributed by atoms with Crippen LogP contribution in [-0.4, -0.2) is 32.6 Å². The van der Waals surface area contributed by atoms with Crippen LogP contribution >= 0.6 is 0 Å². The van der Waals surface area contributed by atoms with E-state index in [0.29, 0.717) is 19.8 Å². The van der Waals surface area contributed by atoms with Crippen LogP contribution in [0, 0.1) is 19.8 Å². The molecule has 3 aromatic carbocycles. The zero-order chi connectivity index (χ0) is 23.9. The van der Waals surface area contributed by atoms with Gasteiger partial charge in [-0.1, -0.05) is 42.5 Å². The molecule has 0 saturated heterocycles. The van der Waals surface area contributed by atoms with Crippen LogP contribution < -0.4 is 20.1 Å². The Labute approximate surface area is 202 Å². The number of anilines is 1. The van der Waals surface area contributed by atoms with Crippen molar-refractivity contribution in [3.8, 4) is 11.5 Å². The maximum atomic E-state index is 12.0. The fraction of sp³-hybridized carbons (Fsp3) is 0.345. The Balaban J connectivity index is 1.45. The van der Waals surface area contributed by atoms with Gasteiger partial charge < -0.3 is 24.9 Å². The van der Waals surface area contributed by atoms with Crippen LogP contribution in [0.15, 0.2) is 66.7 Å². The van der Waals surface area contributed by atoms with Crippen LogP contribution in [0.1, 0.15) is 34.7 Å². The molecule has 5 heteroatoms. The fourth-order valence-electron chi connectivity index (χ4n) is 4.70. The molecule has 3 aromatic rings. The normalized spacial score (nSPS) is 14.7. The third kappa shape index (κ3) is 5.42. The lowest BCUT2D eigenvalue weighted by Gasteiger charge is -2.40. The number of ether oxygens (including phenoxy) is 2. The number of fused-ring (bicyclic) bond motifs is 1. The molecule has 4 rings (SSSR count). The fourth-order valence-corrected chi connectivity index (χ4v) is 4.70. The average Bonchev–Trinajstić information content (AvgIpc) is 2.87. The van der Waals surface area contributed by atoms with Crippen molar-refractivity contribution in [2.45, 2.75) is 32.7 Å². The monoisotopic (exact) mass is 458 g/mol. The van der Waals surface area contributed by atoms with E-state index in [4.69, 9.17) is 15.2 Å². The van der Waals surface area contributed by atoms with Crippen molar-refractivity contribution in [3.05, 3.63) is 89.0 Å². The predicted molar refractivity (Wildman–Crippen MR) is 137 cm³/mol. The average molecular weight is 459 g/mol. The van der Waals surface area contributed by atoms with Gasteiger partial charge in [0.2, 0.25) is 0 Å². The summed E-state index contributed by atoms with van der Waals surface area (Å²) in [5.74, 6) is 1.38. The number of rotatable bonds is 10. The van der Waals surface area contributed by atoms with Gasteiger partial charge in [0.1, 0.15) is 31.0 Å². The van der Waals surface area contributed by atoms with E-state index >= 15 is 0 Å². The number of nitrogens with two attached hydrogens (primary N) is 1. The molecule has 2 unspecified atom stereocenters. The summed E-state index contributed by atoms with van der Waals surface area (Å²) in [6.07, 6.45) is 3.12. The lowest BCUT2D eigenvalue weighted by Crippen LogP contribution is -2.40. The highest BCUT2D eigenvalue weighted by Crippen LogP contribution is 2.37. The molecule has 5 nitrogen and oxygen atoms in total. The molecule has 0 spiro atoms. The third-order valence-electron chi connectivity index (χ3n) is 6.51. The predicted octanol–water partition coefficient (Wildman–Crippen LogP) is 5.03. The number of aryl methyl sites for hydroxylation is 3. The molecular formula is C29H34N2O3. The first-order valence-electron chi connectivity index (χ1n) is 12.0. The Hall–Kier alpha value is -3.31.